The first-order valence-corrected chi connectivity index (χ1v) is 6.20. The van der Waals surface area contributed by atoms with E-state index in [0.29, 0.717) is 12.5 Å². The van der Waals surface area contributed by atoms with Crippen LogP contribution in [0, 0.1) is 0 Å². The minimum absolute atomic E-state index is 0.00903. The molecule has 84 valence electrons. The summed E-state index contributed by atoms with van der Waals surface area (Å²) in [5.41, 5.74) is 5.57. The summed E-state index contributed by atoms with van der Waals surface area (Å²) >= 11 is 1.46. The molecule has 0 spiro atoms. The lowest BCUT2D eigenvalue weighted by Crippen LogP contribution is -2.33. The number of nitrogens with one attached hydrogen (secondary N) is 1. The van der Waals surface area contributed by atoms with Gasteiger partial charge in [-0.25, -0.2) is 4.98 Å². The summed E-state index contributed by atoms with van der Waals surface area (Å²) in [7, 11) is 0. The monoisotopic (exact) mass is 226 g/mol. The van der Waals surface area contributed by atoms with E-state index >= 15 is 0 Å². The van der Waals surface area contributed by atoms with Crippen molar-refractivity contribution in [1.82, 2.24) is 9.36 Å². The van der Waals surface area contributed by atoms with Gasteiger partial charge in [-0.2, -0.15) is 4.37 Å². The highest BCUT2D eigenvalue weighted by atomic mass is 32.1. The van der Waals surface area contributed by atoms with Crippen molar-refractivity contribution in [3.8, 4) is 0 Å². The molecule has 15 heavy (non-hydrogen) atoms. The Balaban J connectivity index is 1.97. The van der Waals surface area contributed by atoms with E-state index in [2.05, 4.69) is 28.5 Å². The summed E-state index contributed by atoms with van der Waals surface area (Å²) in [5, 5.41) is 4.31. The maximum absolute atomic E-state index is 5.56. The van der Waals surface area contributed by atoms with Crippen molar-refractivity contribution >= 4 is 16.7 Å². The van der Waals surface area contributed by atoms with Crippen molar-refractivity contribution in [3.05, 3.63) is 5.82 Å². The van der Waals surface area contributed by atoms with E-state index in [1.54, 1.807) is 0 Å². The maximum Gasteiger partial charge on any atom is 0.202 e. The minimum atomic E-state index is 0.00903. The Labute approximate surface area is 94.5 Å². The standard InChI is InChI=1S/C10H18N4S/c1-10(2,5-6-11)13-9-12-8(14-15-9)7-3-4-7/h7H,3-6,11H2,1-2H3,(H,12,13,14). The van der Waals surface area contributed by atoms with E-state index in [1.807, 2.05) is 0 Å². The van der Waals surface area contributed by atoms with Gasteiger partial charge in [0.2, 0.25) is 5.13 Å². The van der Waals surface area contributed by atoms with Crippen molar-refractivity contribution in [2.75, 3.05) is 11.9 Å². The summed E-state index contributed by atoms with van der Waals surface area (Å²) < 4.78 is 4.36. The van der Waals surface area contributed by atoms with Gasteiger partial charge in [-0.3, -0.25) is 0 Å². The third-order valence-corrected chi connectivity index (χ3v) is 3.24. The second-order valence-electron chi connectivity index (χ2n) is 4.78. The number of hydrogen-bond donors (Lipinski definition) is 2. The third kappa shape index (κ3) is 2.89. The quantitative estimate of drug-likeness (QED) is 0.805. The molecule has 1 aromatic rings. The lowest BCUT2D eigenvalue weighted by molar-refractivity contribution is 0.526. The molecule has 1 aliphatic carbocycles. The van der Waals surface area contributed by atoms with Gasteiger partial charge in [-0.05, 0) is 39.7 Å². The van der Waals surface area contributed by atoms with E-state index in [0.717, 1.165) is 17.4 Å². The zero-order valence-electron chi connectivity index (χ0n) is 9.29. The number of aromatic nitrogens is 2. The predicted octanol–water partition coefficient (Wildman–Crippen LogP) is 1.95. The molecular weight excluding hydrogens is 208 g/mol. The van der Waals surface area contributed by atoms with Crippen LogP contribution in [0.5, 0.6) is 0 Å². The first-order valence-electron chi connectivity index (χ1n) is 5.42. The van der Waals surface area contributed by atoms with E-state index < -0.39 is 0 Å². The zero-order valence-corrected chi connectivity index (χ0v) is 10.1. The van der Waals surface area contributed by atoms with Gasteiger partial charge in [0, 0.05) is 23.0 Å². The van der Waals surface area contributed by atoms with Crippen LogP contribution >= 0.6 is 11.5 Å². The Morgan fingerprint density at radius 3 is 2.87 bits per heavy atom. The second-order valence-corrected chi connectivity index (χ2v) is 5.53. The molecule has 0 aliphatic heterocycles. The van der Waals surface area contributed by atoms with Crippen LogP contribution in [0.1, 0.15) is 44.9 Å². The molecule has 4 nitrogen and oxygen atoms in total. The van der Waals surface area contributed by atoms with Crippen molar-refractivity contribution in [1.29, 1.82) is 0 Å². The van der Waals surface area contributed by atoms with E-state index in [4.69, 9.17) is 5.73 Å². The fourth-order valence-corrected chi connectivity index (χ4v) is 2.33. The number of hydrogen-bond acceptors (Lipinski definition) is 5. The molecule has 1 heterocycles. The molecule has 0 aromatic carbocycles. The van der Waals surface area contributed by atoms with E-state index in [1.165, 1.54) is 24.4 Å². The number of nitrogens with zero attached hydrogens (tertiary/aromatic N) is 2. The van der Waals surface area contributed by atoms with Crippen LogP contribution in [0.15, 0.2) is 0 Å². The average Bonchev–Trinajstić information content (AvgIpc) is 2.88. The second kappa shape index (κ2) is 4.06. The van der Waals surface area contributed by atoms with Gasteiger partial charge in [0.1, 0.15) is 5.82 Å². The molecule has 1 aromatic heterocycles. The molecule has 5 heteroatoms. The Morgan fingerprint density at radius 2 is 2.27 bits per heavy atom. The predicted molar refractivity (Wildman–Crippen MR) is 63.3 cm³/mol. The van der Waals surface area contributed by atoms with Crippen molar-refractivity contribution in [2.45, 2.75) is 44.6 Å². The van der Waals surface area contributed by atoms with E-state index in [-0.39, 0.29) is 5.54 Å². The van der Waals surface area contributed by atoms with Crippen LogP contribution in [-0.2, 0) is 0 Å². The minimum Gasteiger partial charge on any atom is -0.355 e. The molecule has 1 saturated carbocycles. The van der Waals surface area contributed by atoms with Gasteiger partial charge >= 0.3 is 0 Å². The largest absolute Gasteiger partial charge is 0.355 e. The highest BCUT2D eigenvalue weighted by Gasteiger charge is 2.28. The normalized spacial score (nSPS) is 16.7. The van der Waals surface area contributed by atoms with Gasteiger partial charge in [0.05, 0.1) is 0 Å². The van der Waals surface area contributed by atoms with Crippen molar-refractivity contribution in [2.24, 2.45) is 5.73 Å². The Kier molecular flexibility index (Phi) is 2.93. The van der Waals surface area contributed by atoms with Crippen LogP contribution < -0.4 is 11.1 Å². The summed E-state index contributed by atoms with van der Waals surface area (Å²) in [5.74, 6) is 1.65. The van der Waals surface area contributed by atoms with Crippen LogP contribution in [-0.4, -0.2) is 21.4 Å². The molecule has 1 aliphatic rings. The van der Waals surface area contributed by atoms with Crippen LogP contribution in [0.2, 0.25) is 0 Å². The molecule has 0 bridgehead atoms. The van der Waals surface area contributed by atoms with Gasteiger partial charge in [0.15, 0.2) is 0 Å². The highest BCUT2D eigenvalue weighted by molar-refractivity contribution is 7.09. The van der Waals surface area contributed by atoms with Crippen molar-refractivity contribution < 1.29 is 0 Å². The summed E-state index contributed by atoms with van der Waals surface area (Å²) in [6, 6.07) is 0. The number of nitrogens with two attached hydrogens (primary N) is 1. The molecular formula is C10H18N4S. The summed E-state index contributed by atoms with van der Waals surface area (Å²) in [6.45, 7) is 4.96. The Morgan fingerprint density at radius 1 is 1.53 bits per heavy atom. The first kappa shape index (κ1) is 10.8. The topological polar surface area (TPSA) is 63.8 Å². The average molecular weight is 226 g/mol. The molecule has 0 atom stereocenters. The fourth-order valence-electron chi connectivity index (χ4n) is 1.51. The summed E-state index contributed by atoms with van der Waals surface area (Å²) in [4.78, 5) is 4.50. The highest BCUT2D eigenvalue weighted by Crippen LogP contribution is 2.39. The fraction of sp³-hybridized carbons (Fsp3) is 0.800. The van der Waals surface area contributed by atoms with Crippen LogP contribution in [0.3, 0.4) is 0 Å². The Bertz CT molecular complexity index is 330. The van der Waals surface area contributed by atoms with Gasteiger partial charge in [0.25, 0.3) is 0 Å². The first-order chi connectivity index (χ1) is 7.11. The molecule has 1 fully saturated rings. The summed E-state index contributed by atoms with van der Waals surface area (Å²) in [6.07, 6.45) is 3.44. The molecule has 0 unspecified atom stereocenters. The lowest BCUT2D eigenvalue weighted by Gasteiger charge is -2.24. The van der Waals surface area contributed by atoms with Crippen molar-refractivity contribution in [3.63, 3.8) is 0 Å². The number of rotatable bonds is 5. The molecule has 0 amide bonds. The smallest absolute Gasteiger partial charge is 0.202 e. The Hall–Kier alpha value is -0.680. The van der Waals surface area contributed by atoms with Crippen LogP contribution in [0.4, 0.5) is 5.13 Å². The SMILES string of the molecule is CC(C)(CCN)Nc1nc(C2CC2)ns1. The molecule has 0 radical (unpaired) electrons. The zero-order chi connectivity index (χ0) is 10.9. The molecule has 2 rings (SSSR count). The third-order valence-electron chi connectivity index (χ3n) is 2.60. The molecule has 3 N–H and O–H groups in total. The van der Waals surface area contributed by atoms with E-state index in [9.17, 15) is 0 Å². The maximum atomic E-state index is 5.56. The van der Waals surface area contributed by atoms with Gasteiger partial charge in [-0.1, -0.05) is 0 Å². The number of anilines is 1. The van der Waals surface area contributed by atoms with Crippen LogP contribution in [0.25, 0.3) is 0 Å². The van der Waals surface area contributed by atoms with Gasteiger partial charge < -0.3 is 11.1 Å². The lowest BCUT2D eigenvalue weighted by atomic mass is 10.0. The van der Waals surface area contributed by atoms with Gasteiger partial charge in [-0.15, -0.1) is 0 Å². The molecule has 0 saturated heterocycles.